The van der Waals surface area contributed by atoms with Crippen molar-refractivity contribution < 1.29 is 14.5 Å². The van der Waals surface area contributed by atoms with Gasteiger partial charge in [-0.25, -0.2) is 4.79 Å². The molecular weight excluding hydrogens is 408 g/mol. The maximum absolute atomic E-state index is 12.1. The molecule has 2 saturated heterocycles. The second-order valence-corrected chi connectivity index (χ2v) is 8.99. The van der Waals surface area contributed by atoms with Crippen molar-refractivity contribution >= 4 is 23.2 Å². The summed E-state index contributed by atoms with van der Waals surface area (Å²) >= 11 is 0. The van der Waals surface area contributed by atoms with Gasteiger partial charge < -0.3 is 10.1 Å². The van der Waals surface area contributed by atoms with E-state index in [9.17, 15) is 14.9 Å². The molecule has 2 aliphatic rings. The molecule has 0 saturated carbocycles. The fourth-order valence-corrected chi connectivity index (χ4v) is 4.86. The van der Waals surface area contributed by atoms with E-state index in [1.807, 2.05) is 6.07 Å². The molecule has 2 atom stereocenters. The summed E-state index contributed by atoms with van der Waals surface area (Å²) in [6, 6.07) is 12.9. The minimum Gasteiger partial charge on any atom is -0.447 e. The largest absolute Gasteiger partial charge is 0.447 e. The molecule has 2 aromatic carbocycles. The van der Waals surface area contributed by atoms with E-state index in [1.54, 1.807) is 6.07 Å². The van der Waals surface area contributed by atoms with Gasteiger partial charge in [0.2, 0.25) is 0 Å². The maximum Gasteiger partial charge on any atom is 0.414 e. The Morgan fingerprint density at radius 3 is 2.50 bits per heavy atom. The van der Waals surface area contributed by atoms with Gasteiger partial charge in [0.15, 0.2) is 0 Å². The number of carbonyl (C=O) groups excluding carboxylic acids is 1. The summed E-state index contributed by atoms with van der Waals surface area (Å²) in [6.07, 6.45) is 0.795. The van der Waals surface area contributed by atoms with Crippen LogP contribution in [0.25, 0.3) is 0 Å². The summed E-state index contributed by atoms with van der Waals surface area (Å²) in [7, 11) is 0. The van der Waals surface area contributed by atoms with Crippen LogP contribution in [0.5, 0.6) is 0 Å². The molecule has 0 aromatic heterocycles. The zero-order chi connectivity index (χ0) is 22.7. The van der Waals surface area contributed by atoms with Crippen LogP contribution < -0.4 is 10.2 Å². The third-order valence-electron chi connectivity index (χ3n) is 6.17. The molecule has 2 unspecified atom stereocenters. The van der Waals surface area contributed by atoms with Crippen molar-refractivity contribution in [3.8, 4) is 0 Å². The van der Waals surface area contributed by atoms with Crippen molar-refractivity contribution in [1.82, 2.24) is 4.90 Å². The average Bonchev–Trinajstić information content (AvgIpc) is 3.18. The molecule has 0 bridgehead atoms. The first-order valence-electron chi connectivity index (χ1n) is 11.2. The number of likely N-dealkylation sites (tertiary alicyclic amines) is 1. The van der Waals surface area contributed by atoms with E-state index in [1.165, 1.54) is 34.6 Å². The summed E-state index contributed by atoms with van der Waals surface area (Å²) in [6.45, 7) is 8.95. The van der Waals surface area contributed by atoms with Crippen LogP contribution >= 0.6 is 0 Å². The van der Waals surface area contributed by atoms with Gasteiger partial charge in [0, 0.05) is 38.3 Å². The highest BCUT2D eigenvalue weighted by Gasteiger charge is 2.28. The lowest BCUT2D eigenvalue weighted by molar-refractivity contribution is -0.384. The van der Waals surface area contributed by atoms with E-state index in [2.05, 4.69) is 42.3 Å². The molecule has 2 heterocycles. The van der Waals surface area contributed by atoms with Crippen LogP contribution in [0, 0.1) is 22.0 Å². The zero-order valence-electron chi connectivity index (χ0n) is 18.6. The number of carbonyl (C=O) groups is 1. The topological polar surface area (TPSA) is 87.9 Å². The Balaban J connectivity index is 1.53. The molecule has 4 rings (SSSR count). The zero-order valence-corrected chi connectivity index (χ0v) is 18.6. The van der Waals surface area contributed by atoms with E-state index in [0.717, 1.165) is 19.6 Å². The molecule has 2 aliphatic heterocycles. The molecule has 32 heavy (non-hydrogen) atoms. The van der Waals surface area contributed by atoms with Crippen LogP contribution in [0.2, 0.25) is 0 Å². The van der Waals surface area contributed by atoms with Crippen LogP contribution in [0.4, 0.5) is 21.9 Å². The molecule has 0 spiro atoms. The van der Waals surface area contributed by atoms with Gasteiger partial charge >= 0.3 is 6.09 Å². The number of anilines is 2. The predicted molar refractivity (Wildman–Crippen MR) is 124 cm³/mol. The highest BCUT2D eigenvalue weighted by atomic mass is 16.6. The molecule has 1 amide bonds. The van der Waals surface area contributed by atoms with Gasteiger partial charge in [0.25, 0.3) is 5.69 Å². The smallest absolute Gasteiger partial charge is 0.414 e. The summed E-state index contributed by atoms with van der Waals surface area (Å²) in [5, 5.41) is 14.7. The minimum atomic E-state index is -0.484. The van der Waals surface area contributed by atoms with Crippen LogP contribution in [0.3, 0.4) is 0 Å². The second-order valence-electron chi connectivity index (χ2n) is 8.99. The fourth-order valence-electron chi connectivity index (χ4n) is 4.86. The highest BCUT2D eigenvalue weighted by molar-refractivity contribution is 5.94. The quantitative estimate of drug-likeness (QED) is 0.500. The average molecular weight is 439 g/mol. The Bertz CT molecular complexity index is 986. The lowest BCUT2D eigenvalue weighted by atomic mass is 9.91. The fraction of sp³-hybridized carbons (Fsp3) is 0.458. The van der Waals surface area contributed by atoms with Crippen molar-refractivity contribution in [3.63, 3.8) is 0 Å². The van der Waals surface area contributed by atoms with E-state index < -0.39 is 11.0 Å². The minimum absolute atomic E-state index is 0.0565. The molecule has 170 valence electrons. The standard InChI is InChI=1S/C24H30N4O4/c1-17-11-18(2)15-26(14-17)16-20-6-4-3-5-19(20)13-25-22-8-7-21(28(30)31)12-23(22)27-9-10-32-24(27)29/h3-8,12,17-18,25H,9-11,13-16H2,1-2H3. The Labute approximate surface area is 188 Å². The molecule has 2 fully saturated rings. The van der Waals surface area contributed by atoms with Gasteiger partial charge in [-0.05, 0) is 35.4 Å². The van der Waals surface area contributed by atoms with E-state index in [-0.39, 0.29) is 12.3 Å². The number of hydrogen-bond donors (Lipinski definition) is 1. The van der Waals surface area contributed by atoms with Crippen LogP contribution in [-0.4, -0.2) is 42.2 Å². The second kappa shape index (κ2) is 9.56. The molecular formula is C24H30N4O4. The number of amides is 1. The van der Waals surface area contributed by atoms with Gasteiger partial charge in [0.1, 0.15) is 6.61 Å². The first-order valence-corrected chi connectivity index (χ1v) is 11.2. The Kier molecular flexibility index (Phi) is 6.60. The summed E-state index contributed by atoms with van der Waals surface area (Å²) in [5.74, 6) is 1.40. The molecule has 8 nitrogen and oxygen atoms in total. The van der Waals surface area contributed by atoms with Crippen molar-refractivity contribution in [2.24, 2.45) is 11.8 Å². The number of benzene rings is 2. The normalized spacial score (nSPS) is 21.4. The number of nitrogens with zero attached hydrogens (tertiary/aromatic N) is 3. The van der Waals surface area contributed by atoms with Gasteiger partial charge in [-0.3, -0.25) is 19.9 Å². The SMILES string of the molecule is CC1CC(C)CN(Cc2ccccc2CNc2ccc([N+](=O)[O-])cc2N2CCOC2=O)C1. The molecule has 0 radical (unpaired) electrons. The predicted octanol–water partition coefficient (Wildman–Crippen LogP) is 4.64. The first-order chi connectivity index (χ1) is 15.4. The number of ether oxygens (including phenoxy) is 1. The van der Waals surface area contributed by atoms with Crippen LogP contribution in [0.15, 0.2) is 42.5 Å². The maximum atomic E-state index is 12.1. The molecule has 8 heteroatoms. The third kappa shape index (κ3) is 5.02. The number of nitro groups is 1. The van der Waals surface area contributed by atoms with Gasteiger partial charge in [-0.1, -0.05) is 38.1 Å². The van der Waals surface area contributed by atoms with E-state index in [0.29, 0.717) is 36.3 Å². The summed E-state index contributed by atoms with van der Waals surface area (Å²) in [5.41, 5.74) is 3.53. The van der Waals surface area contributed by atoms with Crippen molar-refractivity contribution in [2.45, 2.75) is 33.4 Å². The monoisotopic (exact) mass is 438 g/mol. The number of hydrogen-bond acceptors (Lipinski definition) is 6. The Hall–Kier alpha value is -3.13. The van der Waals surface area contributed by atoms with Crippen molar-refractivity contribution in [3.05, 3.63) is 63.7 Å². The van der Waals surface area contributed by atoms with Crippen LogP contribution in [-0.2, 0) is 17.8 Å². The number of cyclic esters (lactones) is 1. The van der Waals surface area contributed by atoms with Crippen molar-refractivity contribution in [1.29, 1.82) is 0 Å². The molecule has 1 N–H and O–H groups in total. The van der Waals surface area contributed by atoms with Crippen molar-refractivity contribution in [2.75, 3.05) is 36.5 Å². The highest BCUT2D eigenvalue weighted by Crippen LogP contribution is 2.33. The number of piperidine rings is 1. The molecule has 2 aromatic rings. The summed E-state index contributed by atoms with van der Waals surface area (Å²) in [4.78, 5) is 26.9. The number of rotatable bonds is 7. The summed E-state index contributed by atoms with van der Waals surface area (Å²) < 4.78 is 5.04. The Morgan fingerprint density at radius 2 is 1.84 bits per heavy atom. The lowest BCUT2D eigenvalue weighted by Gasteiger charge is -2.35. The Morgan fingerprint density at radius 1 is 1.12 bits per heavy atom. The van der Waals surface area contributed by atoms with Crippen LogP contribution in [0.1, 0.15) is 31.4 Å². The third-order valence-corrected chi connectivity index (χ3v) is 6.17. The number of non-ortho nitro benzene ring substituents is 1. The number of nitrogens with one attached hydrogen (secondary N) is 1. The van der Waals surface area contributed by atoms with E-state index >= 15 is 0 Å². The molecule has 0 aliphatic carbocycles. The first kappa shape index (κ1) is 22.1. The van der Waals surface area contributed by atoms with E-state index in [4.69, 9.17) is 4.74 Å². The number of nitro benzene ring substituents is 1. The van der Waals surface area contributed by atoms with Gasteiger partial charge in [0.05, 0.1) is 22.8 Å². The van der Waals surface area contributed by atoms with Gasteiger partial charge in [-0.15, -0.1) is 0 Å². The van der Waals surface area contributed by atoms with Gasteiger partial charge in [-0.2, -0.15) is 0 Å². The lowest BCUT2D eigenvalue weighted by Crippen LogP contribution is -2.38.